The monoisotopic (exact) mass is 182 g/mol. The maximum Gasteiger partial charge on any atom is 0.0480 e. The molecule has 0 amide bonds. The molecular weight excluding hydrogens is 164 g/mol. The first-order valence-corrected chi connectivity index (χ1v) is 5.43. The molecule has 0 aromatic carbocycles. The van der Waals surface area contributed by atoms with Gasteiger partial charge in [0.25, 0.3) is 0 Å². The van der Waals surface area contributed by atoms with Crippen LogP contribution in [0.15, 0.2) is 0 Å². The standard InChI is InChI=1S/C10H18N2O/c11-10-8-5-12(6-9(8)10)7-1-3-13-4-2-7/h7-10H,1-6,11H2. The molecule has 2 atom stereocenters. The Morgan fingerprint density at radius 2 is 1.69 bits per heavy atom. The predicted octanol–water partition coefficient (Wildman–Crippen LogP) is 0.0543. The van der Waals surface area contributed by atoms with Gasteiger partial charge >= 0.3 is 0 Å². The molecule has 3 heteroatoms. The third kappa shape index (κ3) is 1.30. The highest BCUT2D eigenvalue weighted by atomic mass is 16.5. The molecule has 74 valence electrons. The van der Waals surface area contributed by atoms with Crippen LogP contribution in [0.2, 0.25) is 0 Å². The third-order valence-corrected chi connectivity index (χ3v) is 4.00. The summed E-state index contributed by atoms with van der Waals surface area (Å²) in [5.74, 6) is 1.67. The number of hydrogen-bond donors (Lipinski definition) is 1. The molecule has 3 fully saturated rings. The van der Waals surface area contributed by atoms with Gasteiger partial charge in [-0.1, -0.05) is 0 Å². The zero-order valence-corrected chi connectivity index (χ0v) is 7.98. The van der Waals surface area contributed by atoms with Crippen LogP contribution in [0.5, 0.6) is 0 Å². The maximum absolute atomic E-state index is 5.91. The Labute approximate surface area is 79.2 Å². The highest BCUT2D eigenvalue weighted by Crippen LogP contribution is 2.45. The Balaban J connectivity index is 1.56. The summed E-state index contributed by atoms with van der Waals surface area (Å²) >= 11 is 0. The van der Waals surface area contributed by atoms with Crippen molar-refractivity contribution in [3.8, 4) is 0 Å². The van der Waals surface area contributed by atoms with Crippen molar-refractivity contribution in [2.75, 3.05) is 26.3 Å². The summed E-state index contributed by atoms with van der Waals surface area (Å²) in [6, 6.07) is 1.34. The van der Waals surface area contributed by atoms with E-state index in [2.05, 4.69) is 4.90 Å². The summed E-state index contributed by atoms with van der Waals surface area (Å²) in [5, 5.41) is 0. The molecule has 2 heterocycles. The van der Waals surface area contributed by atoms with Gasteiger partial charge < -0.3 is 10.5 Å². The van der Waals surface area contributed by atoms with Crippen LogP contribution in [0.3, 0.4) is 0 Å². The quantitative estimate of drug-likeness (QED) is 0.623. The predicted molar refractivity (Wildman–Crippen MR) is 50.4 cm³/mol. The van der Waals surface area contributed by atoms with Crippen LogP contribution in [0.25, 0.3) is 0 Å². The Kier molecular flexibility index (Phi) is 1.86. The summed E-state index contributed by atoms with van der Waals surface area (Å²) in [6.07, 6.45) is 2.46. The van der Waals surface area contributed by atoms with Gasteiger partial charge in [-0.05, 0) is 24.7 Å². The molecule has 0 spiro atoms. The Hall–Kier alpha value is -0.120. The van der Waals surface area contributed by atoms with E-state index in [4.69, 9.17) is 10.5 Å². The van der Waals surface area contributed by atoms with Crippen LogP contribution in [-0.4, -0.2) is 43.3 Å². The van der Waals surface area contributed by atoms with Crippen molar-refractivity contribution in [3.05, 3.63) is 0 Å². The van der Waals surface area contributed by atoms with Gasteiger partial charge in [0.1, 0.15) is 0 Å². The molecule has 1 aliphatic carbocycles. The fourth-order valence-electron chi connectivity index (χ4n) is 2.95. The van der Waals surface area contributed by atoms with Gasteiger partial charge in [-0.2, -0.15) is 0 Å². The van der Waals surface area contributed by atoms with E-state index in [9.17, 15) is 0 Å². The van der Waals surface area contributed by atoms with E-state index >= 15 is 0 Å². The highest BCUT2D eigenvalue weighted by molar-refractivity contribution is 5.09. The lowest BCUT2D eigenvalue weighted by Crippen LogP contribution is -2.40. The molecule has 1 saturated carbocycles. The fraction of sp³-hybridized carbons (Fsp3) is 1.00. The summed E-state index contributed by atoms with van der Waals surface area (Å²) in [6.45, 7) is 4.44. The van der Waals surface area contributed by atoms with Crippen LogP contribution in [0, 0.1) is 11.8 Å². The van der Waals surface area contributed by atoms with Gasteiger partial charge in [0, 0.05) is 38.4 Å². The van der Waals surface area contributed by atoms with E-state index < -0.39 is 0 Å². The molecule has 2 saturated heterocycles. The second-order valence-corrected chi connectivity index (χ2v) is 4.70. The minimum Gasteiger partial charge on any atom is -0.381 e. The smallest absolute Gasteiger partial charge is 0.0480 e. The molecule has 3 nitrogen and oxygen atoms in total. The summed E-state index contributed by atoms with van der Waals surface area (Å²) in [7, 11) is 0. The van der Waals surface area contributed by atoms with E-state index in [1.807, 2.05) is 0 Å². The first kappa shape index (κ1) is 8.21. The zero-order valence-electron chi connectivity index (χ0n) is 7.98. The Morgan fingerprint density at radius 3 is 2.31 bits per heavy atom. The van der Waals surface area contributed by atoms with Crippen LogP contribution in [-0.2, 0) is 4.74 Å². The number of fused-ring (bicyclic) bond motifs is 1. The number of nitrogens with zero attached hydrogens (tertiary/aromatic N) is 1. The van der Waals surface area contributed by atoms with Crippen molar-refractivity contribution in [1.82, 2.24) is 4.90 Å². The zero-order chi connectivity index (χ0) is 8.84. The minimum atomic E-state index is 0.538. The van der Waals surface area contributed by atoms with Crippen molar-refractivity contribution < 1.29 is 4.74 Å². The normalized spacial score (nSPS) is 46.4. The molecule has 2 unspecified atom stereocenters. The number of nitrogens with two attached hydrogens (primary N) is 1. The number of hydrogen-bond acceptors (Lipinski definition) is 3. The average molecular weight is 182 g/mol. The first-order valence-electron chi connectivity index (χ1n) is 5.43. The Bertz CT molecular complexity index is 191. The number of piperidine rings is 1. The van der Waals surface area contributed by atoms with Crippen molar-refractivity contribution in [3.63, 3.8) is 0 Å². The summed E-state index contributed by atoms with van der Waals surface area (Å²) < 4.78 is 5.37. The lowest BCUT2D eigenvalue weighted by molar-refractivity contribution is 0.0380. The van der Waals surface area contributed by atoms with Crippen LogP contribution in [0.1, 0.15) is 12.8 Å². The summed E-state index contributed by atoms with van der Waals surface area (Å²) in [4.78, 5) is 2.64. The van der Waals surface area contributed by atoms with Gasteiger partial charge in [0.15, 0.2) is 0 Å². The second-order valence-electron chi connectivity index (χ2n) is 4.70. The van der Waals surface area contributed by atoms with E-state index in [0.717, 1.165) is 31.1 Å². The van der Waals surface area contributed by atoms with Crippen molar-refractivity contribution in [1.29, 1.82) is 0 Å². The number of likely N-dealkylation sites (tertiary alicyclic amines) is 1. The molecule has 2 aliphatic heterocycles. The molecule has 2 N–H and O–H groups in total. The number of ether oxygens (including phenoxy) is 1. The SMILES string of the molecule is NC1C2CN(C3CCOCC3)CC12. The van der Waals surface area contributed by atoms with Gasteiger partial charge in [-0.25, -0.2) is 0 Å². The molecule has 0 aromatic rings. The maximum atomic E-state index is 5.91. The molecule has 3 aliphatic rings. The lowest BCUT2D eigenvalue weighted by atomic mass is 10.1. The van der Waals surface area contributed by atoms with E-state index in [0.29, 0.717) is 6.04 Å². The van der Waals surface area contributed by atoms with Gasteiger partial charge in [0.05, 0.1) is 0 Å². The summed E-state index contributed by atoms with van der Waals surface area (Å²) in [5.41, 5.74) is 5.91. The van der Waals surface area contributed by atoms with Crippen LogP contribution < -0.4 is 5.73 Å². The molecule has 0 radical (unpaired) electrons. The molecule has 0 bridgehead atoms. The Morgan fingerprint density at radius 1 is 1.08 bits per heavy atom. The lowest BCUT2D eigenvalue weighted by Gasteiger charge is -2.32. The number of rotatable bonds is 1. The third-order valence-electron chi connectivity index (χ3n) is 4.00. The van der Waals surface area contributed by atoms with E-state index in [1.54, 1.807) is 0 Å². The largest absolute Gasteiger partial charge is 0.381 e. The topological polar surface area (TPSA) is 38.5 Å². The van der Waals surface area contributed by atoms with Crippen LogP contribution >= 0.6 is 0 Å². The molecule has 3 rings (SSSR count). The molecule has 13 heavy (non-hydrogen) atoms. The average Bonchev–Trinajstić information content (AvgIpc) is 2.67. The first-order chi connectivity index (χ1) is 6.36. The van der Waals surface area contributed by atoms with Crippen LogP contribution in [0.4, 0.5) is 0 Å². The minimum absolute atomic E-state index is 0.538. The van der Waals surface area contributed by atoms with Crippen molar-refractivity contribution in [2.45, 2.75) is 24.9 Å². The molecular formula is C10H18N2O. The molecule has 0 aromatic heterocycles. The van der Waals surface area contributed by atoms with Gasteiger partial charge in [-0.15, -0.1) is 0 Å². The van der Waals surface area contributed by atoms with Crippen molar-refractivity contribution >= 4 is 0 Å². The van der Waals surface area contributed by atoms with Gasteiger partial charge in [0.2, 0.25) is 0 Å². The van der Waals surface area contributed by atoms with Gasteiger partial charge in [-0.3, -0.25) is 4.90 Å². The second kappa shape index (κ2) is 2.94. The van der Waals surface area contributed by atoms with Crippen molar-refractivity contribution in [2.24, 2.45) is 17.6 Å². The van der Waals surface area contributed by atoms with E-state index in [-0.39, 0.29) is 0 Å². The highest BCUT2D eigenvalue weighted by Gasteiger charge is 2.54. The fourth-order valence-corrected chi connectivity index (χ4v) is 2.95. The van der Waals surface area contributed by atoms with E-state index in [1.165, 1.54) is 25.9 Å².